The third-order valence-corrected chi connectivity index (χ3v) is 2.46. The van der Waals surface area contributed by atoms with Crippen LogP contribution in [0.25, 0.3) is 11.4 Å². The fourth-order valence-corrected chi connectivity index (χ4v) is 1.59. The number of carbonyl (C=O) groups is 1. The fourth-order valence-electron chi connectivity index (χ4n) is 1.59. The molecule has 4 nitrogen and oxygen atoms in total. The van der Waals surface area contributed by atoms with Crippen LogP contribution in [0.15, 0.2) is 36.5 Å². The van der Waals surface area contributed by atoms with E-state index in [0.29, 0.717) is 17.9 Å². The molecule has 1 aromatic heterocycles. The Hall–Kier alpha value is -2.23. The zero-order valence-electron chi connectivity index (χ0n) is 9.42. The second-order valence-corrected chi connectivity index (χ2v) is 3.58. The van der Waals surface area contributed by atoms with Crippen molar-refractivity contribution in [3.05, 3.63) is 47.8 Å². The number of hydrogen-bond donors (Lipinski definition) is 1. The molecule has 0 spiro atoms. The summed E-state index contributed by atoms with van der Waals surface area (Å²) in [5.74, 6) is -0.422. The first-order chi connectivity index (χ1) is 8.22. The van der Waals surface area contributed by atoms with E-state index < -0.39 is 5.97 Å². The standard InChI is InChI=1S/C13H12N2O2/c1-2-11-10(13(16)17)8-14-12(15-11)9-6-4-3-5-7-9/h3-8H,2H2,1H3,(H,16,17). The lowest BCUT2D eigenvalue weighted by atomic mass is 10.1. The minimum Gasteiger partial charge on any atom is -0.478 e. The van der Waals surface area contributed by atoms with Crippen molar-refractivity contribution in [3.63, 3.8) is 0 Å². The first-order valence-corrected chi connectivity index (χ1v) is 5.37. The van der Waals surface area contributed by atoms with Gasteiger partial charge >= 0.3 is 5.97 Å². The molecule has 0 aliphatic carbocycles. The largest absolute Gasteiger partial charge is 0.478 e. The third kappa shape index (κ3) is 2.30. The highest BCUT2D eigenvalue weighted by atomic mass is 16.4. The van der Waals surface area contributed by atoms with E-state index in [9.17, 15) is 4.79 Å². The number of aryl methyl sites for hydroxylation is 1. The summed E-state index contributed by atoms with van der Waals surface area (Å²) >= 11 is 0. The monoisotopic (exact) mass is 228 g/mol. The molecular weight excluding hydrogens is 216 g/mol. The van der Waals surface area contributed by atoms with Crippen molar-refractivity contribution < 1.29 is 9.90 Å². The topological polar surface area (TPSA) is 63.1 Å². The van der Waals surface area contributed by atoms with Gasteiger partial charge in [0.25, 0.3) is 0 Å². The van der Waals surface area contributed by atoms with Crippen LogP contribution in [-0.4, -0.2) is 21.0 Å². The molecule has 17 heavy (non-hydrogen) atoms. The summed E-state index contributed by atoms with van der Waals surface area (Å²) in [6, 6.07) is 9.51. The molecule has 0 aliphatic heterocycles. The second-order valence-electron chi connectivity index (χ2n) is 3.58. The molecule has 1 N–H and O–H groups in total. The molecule has 0 saturated heterocycles. The summed E-state index contributed by atoms with van der Waals surface area (Å²) in [7, 11) is 0. The number of rotatable bonds is 3. The average molecular weight is 228 g/mol. The van der Waals surface area contributed by atoms with Crippen molar-refractivity contribution in [1.82, 2.24) is 9.97 Å². The van der Waals surface area contributed by atoms with Crippen molar-refractivity contribution in [2.75, 3.05) is 0 Å². The molecule has 4 heteroatoms. The molecule has 0 atom stereocenters. The van der Waals surface area contributed by atoms with Gasteiger partial charge in [0.1, 0.15) is 0 Å². The van der Waals surface area contributed by atoms with E-state index in [0.717, 1.165) is 5.56 Å². The van der Waals surface area contributed by atoms with Crippen LogP contribution in [0.3, 0.4) is 0 Å². The Morgan fingerprint density at radius 1 is 1.29 bits per heavy atom. The molecule has 0 radical (unpaired) electrons. The van der Waals surface area contributed by atoms with Crippen LogP contribution in [0.5, 0.6) is 0 Å². The minimum absolute atomic E-state index is 0.173. The van der Waals surface area contributed by atoms with Crippen LogP contribution in [0.1, 0.15) is 23.0 Å². The lowest BCUT2D eigenvalue weighted by Crippen LogP contribution is -2.06. The number of carboxylic acids is 1. The summed E-state index contributed by atoms with van der Waals surface area (Å²) in [6.07, 6.45) is 1.94. The summed E-state index contributed by atoms with van der Waals surface area (Å²) < 4.78 is 0. The number of aromatic carboxylic acids is 1. The van der Waals surface area contributed by atoms with Crippen LogP contribution < -0.4 is 0 Å². The van der Waals surface area contributed by atoms with Gasteiger partial charge in [0.05, 0.1) is 11.3 Å². The molecule has 86 valence electrons. The van der Waals surface area contributed by atoms with Crippen molar-refractivity contribution in [2.45, 2.75) is 13.3 Å². The van der Waals surface area contributed by atoms with Gasteiger partial charge in [0.2, 0.25) is 0 Å². The van der Waals surface area contributed by atoms with E-state index in [1.165, 1.54) is 6.20 Å². The third-order valence-electron chi connectivity index (χ3n) is 2.46. The molecule has 0 saturated carbocycles. The molecule has 0 fully saturated rings. The normalized spacial score (nSPS) is 10.2. The van der Waals surface area contributed by atoms with E-state index in [1.807, 2.05) is 37.3 Å². The van der Waals surface area contributed by atoms with Crippen LogP contribution in [0.2, 0.25) is 0 Å². The maximum Gasteiger partial charge on any atom is 0.339 e. The zero-order valence-corrected chi connectivity index (χ0v) is 9.42. The summed E-state index contributed by atoms with van der Waals surface area (Å²) in [4.78, 5) is 19.3. The Labute approximate surface area is 99.0 Å². The summed E-state index contributed by atoms with van der Waals surface area (Å²) in [6.45, 7) is 1.88. The zero-order chi connectivity index (χ0) is 12.3. The molecule has 0 amide bonds. The molecule has 0 bridgehead atoms. The lowest BCUT2D eigenvalue weighted by molar-refractivity contribution is 0.0694. The first kappa shape index (κ1) is 11.3. The van der Waals surface area contributed by atoms with Gasteiger partial charge in [-0.25, -0.2) is 14.8 Å². The van der Waals surface area contributed by atoms with E-state index in [4.69, 9.17) is 5.11 Å². The van der Waals surface area contributed by atoms with E-state index >= 15 is 0 Å². The molecule has 0 unspecified atom stereocenters. The van der Waals surface area contributed by atoms with Crippen molar-refractivity contribution in [2.24, 2.45) is 0 Å². The Kier molecular flexibility index (Phi) is 3.14. The summed E-state index contributed by atoms with van der Waals surface area (Å²) in [5, 5.41) is 8.98. The Bertz CT molecular complexity index is 538. The van der Waals surface area contributed by atoms with Crippen molar-refractivity contribution in [1.29, 1.82) is 0 Å². The molecule has 2 aromatic rings. The van der Waals surface area contributed by atoms with Crippen LogP contribution >= 0.6 is 0 Å². The van der Waals surface area contributed by atoms with Crippen LogP contribution in [0.4, 0.5) is 0 Å². The maximum absolute atomic E-state index is 10.9. The predicted octanol–water partition coefficient (Wildman–Crippen LogP) is 2.40. The van der Waals surface area contributed by atoms with Gasteiger partial charge in [-0.3, -0.25) is 0 Å². The van der Waals surface area contributed by atoms with E-state index in [1.54, 1.807) is 0 Å². The van der Waals surface area contributed by atoms with Crippen molar-refractivity contribution in [3.8, 4) is 11.4 Å². The quantitative estimate of drug-likeness (QED) is 0.876. The van der Waals surface area contributed by atoms with Gasteiger partial charge < -0.3 is 5.11 Å². The lowest BCUT2D eigenvalue weighted by Gasteiger charge is -2.05. The average Bonchev–Trinajstić information content (AvgIpc) is 2.39. The van der Waals surface area contributed by atoms with E-state index in [2.05, 4.69) is 9.97 Å². The second kappa shape index (κ2) is 4.74. The maximum atomic E-state index is 10.9. The fraction of sp³-hybridized carbons (Fsp3) is 0.154. The molecular formula is C13H12N2O2. The van der Waals surface area contributed by atoms with Crippen LogP contribution in [-0.2, 0) is 6.42 Å². The highest BCUT2D eigenvalue weighted by Gasteiger charge is 2.12. The number of hydrogen-bond acceptors (Lipinski definition) is 3. The van der Waals surface area contributed by atoms with Crippen LogP contribution in [0, 0.1) is 0 Å². The number of aromatic nitrogens is 2. The molecule has 2 rings (SSSR count). The minimum atomic E-state index is -0.985. The van der Waals surface area contributed by atoms with Crippen molar-refractivity contribution >= 4 is 5.97 Å². The smallest absolute Gasteiger partial charge is 0.339 e. The highest BCUT2D eigenvalue weighted by Crippen LogP contribution is 2.16. The van der Waals surface area contributed by atoms with E-state index in [-0.39, 0.29) is 5.56 Å². The molecule has 1 aromatic carbocycles. The van der Waals surface area contributed by atoms with Gasteiger partial charge in [0, 0.05) is 11.8 Å². The Balaban J connectivity index is 2.49. The highest BCUT2D eigenvalue weighted by molar-refractivity contribution is 5.88. The Morgan fingerprint density at radius 3 is 2.59 bits per heavy atom. The first-order valence-electron chi connectivity index (χ1n) is 5.37. The molecule has 0 aliphatic rings. The molecule has 1 heterocycles. The number of benzene rings is 1. The van der Waals surface area contributed by atoms with Gasteiger partial charge in [-0.15, -0.1) is 0 Å². The SMILES string of the molecule is CCc1nc(-c2ccccc2)ncc1C(=O)O. The van der Waals surface area contributed by atoms with Gasteiger partial charge in [0.15, 0.2) is 5.82 Å². The van der Waals surface area contributed by atoms with Gasteiger partial charge in [-0.2, -0.15) is 0 Å². The number of carboxylic acid groups (broad SMARTS) is 1. The van der Waals surface area contributed by atoms with Gasteiger partial charge in [-0.1, -0.05) is 37.3 Å². The van der Waals surface area contributed by atoms with Gasteiger partial charge in [-0.05, 0) is 6.42 Å². The predicted molar refractivity (Wildman–Crippen MR) is 63.8 cm³/mol. The Morgan fingerprint density at radius 2 is 2.00 bits per heavy atom. The summed E-state index contributed by atoms with van der Waals surface area (Å²) in [5.41, 5.74) is 1.62. The number of nitrogens with zero attached hydrogens (tertiary/aromatic N) is 2.